The lowest BCUT2D eigenvalue weighted by atomic mass is 9.98. The predicted molar refractivity (Wildman–Crippen MR) is 101 cm³/mol. The molecule has 138 valence electrons. The van der Waals surface area contributed by atoms with Crippen molar-refractivity contribution in [2.45, 2.75) is 38.3 Å². The van der Waals surface area contributed by atoms with Crippen molar-refractivity contribution >= 4 is 11.6 Å². The van der Waals surface area contributed by atoms with Gasteiger partial charge >= 0.3 is 0 Å². The highest BCUT2D eigenvalue weighted by Gasteiger charge is 2.21. The van der Waals surface area contributed by atoms with Crippen LogP contribution >= 0.6 is 0 Å². The first-order valence-electron chi connectivity index (χ1n) is 9.16. The van der Waals surface area contributed by atoms with Crippen LogP contribution in [0.15, 0.2) is 48.5 Å². The Hall–Kier alpha value is -2.24. The minimum absolute atomic E-state index is 0.223. The van der Waals surface area contributed by atoms with Crippen LogP contribution in [0.3, 0.4) is 0 Å². The summed E-state index contributed by atoms with van der Waals surface area (Å²) in [5, 5.41) is 12.0. The lowest BCUT2D eigenvalue weighted by Crippen LogP contribution is -2.39. The molecule has 1 saturated heterocycles. The van der Waals surface area contributed by atoms with Gasteiger partial charge in [0.2, 0.25) is 0 Å². The van der Waals surface area contributed by atoms with E-state index in [0.717, 1.165) is 31.5 Å². The molecular formula is C21H25FN2O2. The number of benzene rings is 2. The van der Waals surface area contributed by atoms with Crippen molar-refractivity contribution in [1.29, 1.82) is 0 Å². The number of carbonyl (C=O) groups is 1. The van der Waals surface area contributed by atoms with Crippen LogP contribution in [0.2, 0.25) is 0 Å². The second kappa shape index (κ2) is 8.92. The highest BCUT2D eigenvalue weighted by molar-refractivity contribution is 6.04. The summed E-state index contributed by atoms with van der Waals surface area (Å²) in [6.07, 6.45) is 4.36. The van der Waals surface area contributed by atoms with Gasteiger partial charge in [0.05, 0.1) is 0 Å². The van der Waals surface area contributed by atoms with Gasteiger partial charge in [-0.25, -0.2) is 4.39 Å². The molecule has 0 saturated carbocycles. The normalized spacial score (nSPS) is 17.8. The number of nitrogens with one attached hydrogen (secondary N) is 1. The average molecular weight is 356 g/mol. The molecule has 2 aromatic rings. The molecule has 2 aromatic carbocycles. The molecule has 1 atom stereocenters. The van der Waals surface area contributed by atoms with Crippen molar-refractivity contribution < 1.29 is 14.3 Å². The summed E-state index contributed by atoms with van der Waals surface area (Å²) >= 11 is 0. The molecule has 1 heterocycles. The molecule has 1 aliphatic heterocycles. The summed E-state index contributed by atoms with van der Waals surface area (Å²) in [5.41, 5.74) is 2.14. The Morgan fingerprint density at radius 3 is 2.73 bits per heavy atom. The first kappa shape index (κ1) is 18.5. The van der Waals surface area contributed by atoms with E-state index in [1.807, 2.05) is 12.1 Å². The van der Waals surface area contributed by atoms with E-state index >= 15 is 0 Å². The van der Waals surface area contributed by atoms with Crippen molar-refractivity contribution in [3.05, 3.63) is 65.5 Å². The molecule has 26 heavy (non-hydrogen) atoms. The Morgan fingerprint density at radius 1 is 1.19 bits per heavy atom. The second-order valence-corrected chi connectivity index (χ2v) is 6.79. The largest absolute Gasteiger partial charge is 0.396 e. The van der Waals surface area contributed by atoms with Gasteiger partial charge in [0.15, 0.2) is 0 Å². The summed E-state index contributed by atoms with van der Waals surface area (Å²) in [5.74, 6) is -0.629. The molecule has 2 N–H and O–H groups in total. The smallest absolute Gasteiger partial charge is 0.255 e. The van der Waals surface area contributed by atoms with Gasteiger partial charge in [0.1, 0.15) is 5.82 Å². The van der Waals surface area contributed by atoms with Crippen LogP contribution < -0.4 is 5.32 Å². The van der Waals surface area contributed by atoms with Crippen LogP contribution in [0.5, 0.6) is 0 Å². The number of rotatable bonds is 6. The van der Waals surface area contributed by atoms with Gasteiger partial charge in [0, 0.05) is 30.4 Å². The van der Waals surface area contributed by atoms with Crippen LogP contribution in [0.25, 0.3) is 0 Å². The average Bonchev–Trinajstić information content (AvgIpc) is 2.64. The Kier molecular flexibility index (Phi) is 6.36. The lowest BCUT2D eigenvalue weighted by Gasteiger charge is -2.35. The summed E-state index contributed by atoms with van der Waals surface area (Å²) in [6, 6.07) is 13.8. The highest BCUT2D eigenvalue weighted by atomic mass is 19.1. The van der Waals surface area contributed by atoms with Crippen LogP contribution in [0.4, 0.5) is 10.1 Å². The van der Waals surface area contributed by atoms with E-state index in [1.54, 1.807) is 24.3 Å². The molecule has 1 fully saturated rings. The number of hydrogen-bond donors (Lipinski definition) is 2. The third kappa shape index (κ3) is 4.90. The van der Waals surface area contributed by atoms with Crippen molar-refractivity contribution in [2.24, 2.45) is 0 Å². The number of hydrogen-bond acceptors (Lipinski definition) is 3. The van der Waals surface area contributed by atoms with E-state index in [9.17, 15) is 14.3 Å². The number of anilines is 1. The molecule has 1 amide bonds. The van der Waals surface area contributed by atoms with Gasteiger partial charge in [-0.3, -0.25) is 9.69 Å². The quantitative estimate of drug-likeness (QED) is 0.827. The molecule has 4 nitrogen and oxygen atoms in total. The first-order chi connectivity index (χ1) is 12.7. The molecule has 0 radical (unpaired) electrons. The molecule has 5 heteroatoms. The highest BCUT2D eigenvalue weighted by Crippen LogP contribution is 2.22. The van der Waals surface area contributed by atoms with Gasteiger partial charge in [0.25, 0.3) is 5.91 Å². The molecule has 1 aliphatic rings. The van der Waals surface area contributed by atoms with E-state index in [-0.39, 0.29) is 18.3 Å². The van der Waals surface area contributed by atoms with E-state index < -0.39 is 0 Å². The minimum Gasteiger partial charge on any atom is -0.396 e. The summed E-state index contributed by atoms with van der Waals surface area (Å²) in [6.45, 7) is 2.10. The number of amides is 1. The number of aliphatic hydroxyl groups excluding tert-OH is 1. The lowest BCUT2D eigenvalue weighted by molar-refractivity contribution is 0.102. The minimum atomic E-state index is -0.378. The number of nitrogens with zero attached hydrogens (tertiary/aromatic N) is 1. The Balaban J connectivity index is 1.61. The van der Waals surface area contributed by atoms with Crippen LogP contribution in [-0.4, -0.2) is 35.1 Å². The van der Waals surface area contributed by atoms with Gasteiger partial charge < -0.3 is 10.4 Å². The molecule has 3 rings (SSSR count). The zero-order valence-electron chi connectivity index (χ0n) is 14.8. The number of aliphatic hydroxyl groups is 1. The number of halogens is 1. The third-order valence-electron chi connectivity index (χ3n) is 4.90. The van der Waals surface area contributed by atoms with Crippen LogP contribution in [0, 0.1) is 5.82 Å². The zero-order valence-corrected chi connectivity index (χ0v) is 14.8. The van der Waals surface area contributed by atoms with Crippen molar-refractivity contribution in [3.8, 4) is 0 Å². The van der Waals surface area contributed by atoms with Gasteiger partial charge in [-0.15, -0.1) is 0 Å². The molecule has 0 unspecified atom stereocenters. The van der Waals surface area contributed by atoms with Crippen molar-refractivity contribution in [1.82, 2.24) is 4.90 Å². The van der Waals surface area contributed by atoms with Crippen LogP contribution in [-0.2, 0) is 6.54 Å². The summed E-state index contributed by atoms with van der Waals surface area (Å²) < 4.78 is 13.2. The topological polar surface area (TPSA) is 52.6 Å². The molecule has 0 aromatic heterocycles. The standard InChI is InChI=1S/C21H25FN2O2/c22-18-4-3-5-19(14-18)23-21(26)17-9-7-16(8-10-17)15-24-12-2-1-6-20(24)11-13-25/h3-5,7-10,14,20,25H,1-2,6,11-13,15H2,(H,23,26)/t20-/m1/s1. The fourth-order valence-electron chi connectivity index (χ4n) is 3.51. The first-order valence-corrected chi connectivity index (χ1v) is 9.16. The summed E-state index contributed by atoms with van der Waals surface area (Å²) in [4.78, 5) is 14.7. The monoisotopic (exact) mass is 356 g/mol. The summed E-state index contributed by atoms with van der Waals surface area (Å²) in [7, 11) is 0. The molecule has 0 aliphatic carbocycles. The fraction of sp³-hybridized carbons (Fsp3) is 0.381. The van der Waals surface area contributed by atoms with E-state index in [4.69, 9.17) is 0 Å². The van der Waals surface area contributed by atoms with Crippen molar-refractivity contribution in [2.75, 3.05) is 18.5 Å². The van der Waals surface area contributed by atoms with Gasteiger partial charge in [-0.05, 0) is 61.7 Å². The fourth-order valence-corrected chi connectivity index (χ4v) is 3.51. The van der Waals surface area contributed by atoms with Crippen molar-refractivity contribution in [3.63, 3.8) is 0 Å². The maximum absolute atomic E-state index is 13.2. The maximum atomic E-state index is 13.2. The number of piperidine rings is 1. The van der Waals surface area contributed by atoms with Gasteiger partial charge in [-0.1, -0.05) is 24.6 Å². The van der Waals surface area contributed by atoms with Crippen LogP contribution in [0.1, 0.15) is 41.6 Å². The molecule has 0 bridgehead atoms. The third-order valence-corrected chi connectivity index (χ3v) is 4.90. The molecule has 0 spiro atoms. The zero-order chi connectivity index (χ0) is 18.4. The van der Waals surface area contributed by atoms with E-state index in [0.29, 0.717) is 17.3 Å². The Labute approximate surface area is 153 Å². The van der Waals surface area contributed by atoms with E-state index in [2.05, 4.69) is 10.2 Å². The van der Waals surface area contributed by atoms with Gasteiger partial charge in [-0.2, -0.15) is 0 Å². The predicted octanol–water partition coefficient (Wildman–Crippen LogP) is 3.81. The Bertz CT molecular complexity index is 731. The maximum Gasteiger partial charge on any atom is 0.255 e. The number of carbonyl (C=O) groups excluding carboxylic acids is 1. The SMILES string of the molecule is O=C(Nc1cccc(F)c1)c1ccc(CN2CCCC[C@@H]2CCO)cc1. The Morgan fingerprint density at radius 2 is 2.00 bits per heavy atom. The van der Waals surface area contributed by atoms with E-state index in [1.165, 1.54) is 25.0 Å². The number of likely N-dealkylation sites (tertiary alicyclic amines) is 1. The second-order valence-electron chi connectivity index (χ2n) is 6.79. The molecular weight excluding hydrogens is 331 g/mol.